The molecule has 0 N–H and O–H groups in total. The Morgan fingerprint density at radius 3 is 1.71 bits per heavy atom. The Morgan fingerprint density at radius 2 is 1.36 bits per heavy atom. The first-order chi connectivity index (χ1) is 6.81. The summed E-state index contributed by atoms with van der Waals surface area (Å²) in [6, 6.07) is 0. The van der Waals surface area contributed by atoms with Crippen molar-refractivity contribution in [3.8, 4) is 0 Å². The van der Waals surface area contributed by atoms with Crippen LogP contribution in [0.1, 0.15) is 39.5 Å². The van der Waals surface area contributed by atoms with Crippen LogP contribution in [0.15, 0.2) is 0 Å². The molecular formula is C8H18O5Ti. The van der Waals surface area contributed by atoms with Crippen molar-refractivity contribution in [1.29, 1.82) is 0 Å². The second-order valence-electron chi connectivity index (χ2n) is 2.77. The molecule has 0 radical (unpaired) electrons. The third-order valence-electron chi connectivity index (χ3n) is 1.42. The number of hydrogen-bond donors (Lipinski definition) is 0. The first-order valence-electron chi connectivity index (χ1n) is 4.94. The van der Waals surface area contributed by atoms with Gasteiger partial charge in [0.25, 0.3) is 0 Å². The molecule has 6 heteroatoms. The van der Waals surface area contributed by atoms with Crippen molar-refractivity contribution in [3.05, 3.63) is 0 Å². The van der Waals surface area contributed by atoms with Gasteiger partial charge in [0, 0.05) is 0 Å². The van der Waals surface area contributed by atoms with E-state index in [2.05, 4.69) is 16.7 Å². The molecule has 0 spiro atoms. The molecule has 0 atom stereocenters. The van der Waals surface area contributed by atoms with Crippen LogP contribution in [0.4, 0.5) is 0 Å². The quantitative estimate of drug-likeness (QED) is 0.254. The maximum atomic E-state index is 10.9. The van der Waals surface area contributed by atoms with Gasteiger partial charge in [-0.15, -0.1) is 0 Å². The number of hydrogen-bond acceptors (Lipinski definition) is 5. The topological polar surface area (TPSA) is 54.0 Å². The Kier molecular flexibility index (Phi) is 11.7. The minimum atomic E-state index is -3.23. The average Bonchev–Trinajstić information content (AvgIpc) is 2.19. The maximum absolute atomic E-state index is 10.9. The summed E-state index contributed by atoms with van der Waals surface area (Å²) in [5.41, 5.74) is 0. The summed E-state index contributed by atoms with van der Waals surface area (Å²) in [6.45, 7) is 4.94. The van der Waals surface area contributed by atoms with Crippen molar-refractivity contribution in [2.75, 3.05) is 13.2 Å². The summed E-state index contributed by atoms with van der Waals surface area (Å²) in [5.74, 6) is 0. The van der Waals surface area contributed by atoms with Crippen LogP contribution in [0.25, 0.3) is 0 Å². The summed E-state index contributed by atoms with van der Waals surface area (Å²) in [4.78, 5) is 9.30. The molecule has 0 fully saturated rings. The molecule has 0 aliphatic rings. The summed E-state index contributed by atoms with van der Waals surface area (Å²) >= 11 is -3.23. The van der Waals surface area contributed by atoms with Gasteiger partial charge in [0.15, 0.2) is 0 Å². The van der Waals surface area contributed by atoms with Crippen LogP contribution < -0.4 is 0 Å². The second-order valence-corrected chi connectivity index (χ2v) is 4.07. The van der Waals surface area contributed by atoms with Gasteiger partial charge in [-0.1, -0.05) is 0 Å². The van der Waals surface area contributed by atoms with E-state index in [1.807, 2.05) is 13.8 Å². The molecule has 84 valence electrons. The van der Waals surface area contributed by atoms with Crippen molar-refractivity contribution in [2.24, 2.45) is 0 Å². The van der Waals surface area contributed by atoms with E-state index < -0.39 is 18.6 Å². The van der Waals surface area contributed by atoms with E-state index in [-0.39, 0.29) is 0 Å². The van der Waals surface area contributed by atoms with Crippen LogP contribution in [0, 0.1) is 0 Å². The van der Waals surface area contributed by atoms with E-state index in [1.165, 1.54) is 0 Å². The first kappa shape index (κ1) is 14.4. The Balaban J connectivity index is 3.11. The zero-order chi connectivity index (χ0) is 10.6. The van der Waals surface area contributed by atoms with E-state index >= 15 is 0 Å². The normalized spacial score (nSPS) is 10.4. The predicted octanol–water partition coefficient (Wildman–Crippen LogP) is 2.28. The molecule has 0 bridgehead atoms. The molecule has 0 aromatic rings. The molecule has 0 aliphatic heterocycles. The zero-order valence-corrected chi connectivity index (χ0v) is 10.3. The molecule has 0 unspecified atom stereocenters. The fourth-order valence-electron chi connectivity index (χ4n) is 0.600. The Labute approximate surface area is 91.6 Å². The van der Waals surface area contributed by atoms with Gasteiger partial charge in [-0.05, 0) is 0 Å². The standard InChI is InChI=1S/2C4H10O2.O.Ti/c2*1-2-3-4-6-5;;/h2*5H,2-4H2,1H3;;/q;;;+2/p-2. The van der Waals surface area contributed by atoms with Gasteiger partial charge in [-0.3, -0.25) is 0 Å². The second kappa shape index (κ2) is 11.4. The Morgan fingerprint density at radius 1 is 0.929 bits per heavy atom. The van der Waals surface area contributed by atoms with Gasteiger partial charge < -0.3 is 0 Å². The van der Waals surface area contributed by atoms with Crippen LogP contribution in [0.2, 0.25) is 0 Å². The minimum absolute atomic E-state index is 0.438. The summed E-state index contributed by atoms with van der Waals surface area (Å²) < 4.78 is 19.9. The van der Waals surface area contributed by atoms with Gasteiger partial charge >= 0.3 is 91.4 Å². The summed E-state index contributed by atoms with van der Waals surface area (Å²) in [5, 5.41) is 0. The van der Waals surface area contributed by atoms with Gasteiger partial charge in [0.1, 0.15) is 0 Å². The van der Waals surface area contributed by atoms with E-state index in [0.29, 0.717) is 13.2 Å². The van der Waals surface area contributed by atoms with E-state index in [0.717, 1.165) is 25.7 Å². The average molecular weight is 242 g/mol. The number of rotatable bonds is 10. The van der Waals surface area contributed by atoms with Crippen LogP contribution >= 0.6 is 0 Å². The Hall–Kier alpha value is 0.354. The van der Waals surface area contributed by atoms with Crippen LogP contribution in [-0.2, 0) is 38.7 Å². The van der Waals surface area contributed by atoms with Crippen molar-refractivity contribution in [1.82, 2.24) is 0 Å². The Bertz CT molecular complexity index is 128. The van der Waals surface area contributed by atoms with E-state index in [4.69, 9.17) is 0 Å². The molecule has 0 saturated carbocycles. The van der Waals surface area contributed by atoms with Crippen LogP contribution in [0.5, 0.6) is 0 Å². The van der Waals surface area contributed by atoms with Crippen LogP contribution in [0.3, 0.4) is 0 Å². The predicted molar refractivity (Wildman–Crippen MR) is 44.6 cm³/mol. The fraction of sp³-hybridized carbons (Fsp3) is 1.00. The molecule has 0 heterocycles. The molecule has 0 rings (SSSR count). The van der Waals surface area contributed by atoms with Crippen molar-refractivity contribution >= 4 is 0 Å². The van der Waals surface area contributed by atoms with Crippen molar-refractivity contribution in [3.63, 3.8) is 0 Å². The van der Waals surface area contributed by atoms with Crippen molar-refractivity contribution in [2.45, 2.75) is 39.5 Å². The summed E-state index contributed by atoms with van der Waals surface area (Å²) in [6.07, 6.45) is 3.77. The van der Waals surface area contributed by atoms with Crippen molar-refractivity contribution < 1.29 is 38.7 Å². The fourth-order valence-corrected chi connectivity index (χ4v) is 1.20. The molecule has 14 heavy (non-hydrogen) atoms. The van der Waals surface area contributed by atoms with Gasteiger partial charge in [-0.25, -0.2) is 0 Å². The molecule has 0 aromatic heterocycles. The van der Waals surface area contributed by atoms with Crippen LogP contribution in [-0.4, -0.2) is 13.2 Å². The molecule has 0 amide bonds. The van der Waals surface area contributed by atoms with Gasteiger partial charge in [-0.2, -0.15) is 0 Å². The molecule has 0 saturated heterocycles. The number of unbranched alkanes of at least 4 members (excludes halogenated alkanes) is 2. The summed E-state index contributed by atoms with van der Waals surface area (Å²) in [7, 11) is 0. The SMILES string of the molecule is CCCCO[O][Ti](=[O])[O]OCCCC. The van der Waals surface area contributed by atoms with Gasteiger partial charge in [0.05, 0.1) is 0 Å². The zero-order valence-electron chi connectivity index (χ0n) is 8.78. The van der Waals surface area contributed by atoms with Gasteiger partial charge in [0.2, 0.25) is 0 Å². The monoisotopic (exact) mass is 242 g/mol. The third kappa shape index (κ3) is 10.4. The third-order valence-corrected chi connectivity index (χ3v) is 2.21. The van der Waals surface area contributed by atoms with E-state index in [9.17, 15) is 3.32 Å². The molecule has 0 aromatic carbocycles. The molecular weight excluding hydrogens is 224 g/mol. The molecule has 0 aliphatic carbocycles. The molecule has 5 nitrogen and oxygen atoms in total. The first-order valence-corrected chi connectivity index (χ1v) is 6.85. The van der Waals surface area contributed by atoms with E-state index in [1.54, 1.807) is 0 Å².